The predicted octanol–water partition coefficient (Wildman–Crippen LogP) is 6.04. The molecule has 1 amide bonds. The topological polar surface area (TPSA) is 82.2 Å². The minimum Gasteiger partial charge on any atom is -0.457 e. The van der Waals surface area contributed by atoms with Crippen LogP contribution >= 0.6 is 0 Å². The summed E-state index contributed by atoms with van der Waals surface area (Å²) in [7, 11) is 0. The van der Waals surface area contributed by atoms with Crippen molar-refractivity contribution in [2.75, 3.05) is 5.32 Å². The summed E-state index contributed by atoms with van der Waals surface area (Å²) in [6, 6.07) is 23.6. The van der Waals surface area contributed by atoms with Gasteiger partial charge in [0.05, 0.1) is 0 Å². The van der Waals surface area contributed by atoms with Crippen molar-refractivity contribution in [2.24, 2.45) is 5.73 Å². The number of nitrogens with one attached hydrogen (secondary N) is 1. The maximum atomic E-state index is 12.6. The van der Waals surface area contributed by atoms with Crippen LogP contribution in [0.15, 0.2) is 72.8 Å². The molecule has 172 valence electrons. The van der Waals surface area contributed by atoms with Gasteiger partial charge in [-0.25, -0.2) is 4.68 Å². The Kier molecular flexibility index (Phi) is 5.36. The number of nitrogens with two attached hydrogens (primary N) is 1. The van der Waals surface area contributed by atoms with Crippen LogP contribution in [0.2, 0.25) is 0 Å². The standard InChI is InChI=1S/C28H28N4O2/c1-28(2,3)20-11-14-23-19(17-20)15-16-32-27(30-23)24(26(29)33)25(31-32)18-9-12-22(13-10-18)34-21-7-5-4-6-8-21/h4-14,17,30H,15-16H2,1-3H3,(H2,29,33). The monoisotopic (exact) mass is 452 g/mol. The van der Waals surface area contributed by atoms with Crippen LogP contribution in [-0.4, -0.2) is 15.7 Å². The Hall–Kier alpha value is -4.06. The van der Waals surface area contributed by atoms with Gasteiger partial charge in [-0.15, -0.1) is 0 Å². The number of primary amides is 1. The molecule has 6 nitrogen and oxygen atoms in total. The zero-order valence-corrected chi connectivity index (χ0v) is 19.6. The van der Waals surface area contributed by atoms with Crippen LogP contribution in [0.3, 0.4) is 0 Å². The molecule has 2 heterocycles. The highest BCUT2D eigenvalue weighted by Crippen LogP contribution is 2.36. The van der Waals surface area contributed by atoms with Crippen molar-refractivity contribution >= 4 is 17.4 Å². The van der Waals surface area contributed by atoms with Crippen LogP contribution < -0.4 is 15.8 Å². The zero-order valence-electron chi connectivity index (χ0n) is 19.6. The van der Waals surface area contributed by atoms with Gasteiger partial charge in [0, 0.05) is 17.8 Å². The van der Waals surface area contributed by atoms with E-state index in [9.17, 15) is 4.79 Å². The second kappa shape index (κ2) is 8.37. The Morgan fingerprint density at radius 2 is 1.71 bits per heavy atom. The Balaban J connectivity index is 1.48. The first-order valence-corrected chi connectivity index (χ1v) is 11.4. The smallest absolute Gasteiger partial charge is 0.254 e. The first kappa shape index (κ1) is 21.8. The van der Waals surface area contributed by atoms with E-state index >= 15 is 0 Å². The van der Waals surface area contributed by atoms with Crippen molar-refractivity contribution < 1.29 is 9.53 Å². The van der Waals surface area contributed by atoms with E-state index in [1.54, 1.807) is 0 Å². The third-order valence-corrected chi connectivity index (χ3v) is 6.12. The van der Waals surface area contributed by atoms with E-state index in [0.29, 0.717) is 29.4 Å². The average molecular weight is 453 g/mol. The lowest BCUT2D eigenvalue weighted by Crippen LogP contribution is -2.14. The second-order valence-corrected chi connectivity index (χ2v) is 9.60. The van der Waals surface area contributed by atoms with Gasteiger partial charge in [-0.2, -0.15) is 5.10 Å². The van der Waals surface area contributed by atoms with Crippen molar-refractivity contribution in [3.63, 3.8) is 0 Å². The van der Waals surface area contributed by atoms with Crippen LogP contribution in [0.5, 0.6) is 11.5 Å². The molecule has 1 aromatic heterocycles. The molecule has 0 saturated heterocycles. The summed E-state index contributed by atoms with van der Waals surface area (Å²) in [4.78, 5) is 12.6. The molecule has 6 heteroatoms. The highest BCUT2D eigenvalue weighted by Gasteiger charge is 2.26. The number of hydrogen-bond acceptors (Lipinski definition) is 4. The van der Waals surface area contributed by atoms with E-state index in [1.807, 2.05) is 59.3 Å². The van der Waals surface area contributed by atoms with Gasteiger partial charge in [-0.1, -0.05) is 51.1 Å². The molecule has 0 aliphatic carbocycles. The molecule has 0 atom stereocenters. The number of nitrogens with zero attached hydrogens (tertiary/aromatic N) is 2. The number of fused-ring (bicyclic) bond motifs is 2. The Bertz CT molecular complexity index is 1350. The minimum atomic E-state index is -0.511. The summed E-state index contributed by atoms with van der Waals surface area (Å²) < 4.78 is 7.74. The number of aryl methyl sites for hydroxylation is 2. The third kappa shape index (κ3) is 4.15. The van der Waals surface area contributed by atoms with E-state index in [0.717, 1.165) is 23.4 Å². The van der Waals surface area contributed by atoms with Gasteiger partial charge in [0.15, 0.2) is 0 Å². The lowest BCUT2D eigenvalue weighted by Gasteiger charge is -2.21. The lowest BCUT2D eigenvalue weighted by molar-refractivity contribution is 0.100. The van der Waals surface area contributed by atoms with Gasteiger partial charge in [0.1, 0.15) is 28.6 Å². The van der Waals surface area contributed by atoms with Crippen LogP contribution in [0.25, 0.3) is 11.3 Å². The van der Waals surface area contributed by atoms with E-state index in [1.165, 1.54) is 11.1 Å². The minimum absolute atomic E-state index is 0.0663. The van der Waals surface area contributed by atoms with Crippen LogP contribution in [0.4, 0.5) is 11.5 Å². The van der Waals surface area contributed by atoms with Crippen LogP contribution in [-0.2, 0) is 18.4 Å². The van der Waals surface area contributed by atoms with E-state index in [4.69, 9.17) is 15.6 Å². The molecule has 0 bridgehead atoms. The Morgan fingerprint density at radius 3 is 2.38 bits per heavy atom. The number of aromatic nitrogens is 2. The number of anilines is 2. The van der Waals surface area contributed by atoms with Crippen LogP contribution in [0, 0.1) is 0 Å². The SMILES string of the molecule is CC(C)(C)c1ccc2c(c1)CCn1nc(-c3ccc(Oc4ccccc4)cc3)c(C(N)=O)c1N2. The van der Waals surface area contributed by atoms with Crippen molar-refractivity contribution in [1.82, 2.24) is 9.78 Å². The fourth-order valence-electron chi connectivity index (χ4n) is 4.23. The van der Waals surface area contributed by atoms with Crippen molar-refractivity contribution in [3.05, 3.63) is 89.5 Å². The number of rotatable bonds is 4. The van der Waals surface area contributed by atoms with Gasteiger partial charge in [-0.05, 0) is 65.4 Å². The summed E-state index contributed by atoms with van der Waals surface area (Å²) in [5, 5.41) is 8.22. The molecular weight excluding hydrogens is 424 g/mol. The summed E-state index contributed by atoms with van der Waals surface area (Å²) >= 11 is 0. The number of hydrogen-bond donors (Lipinski definition) is 2. The zero-order chi connectivity index (χ0) is 23.9. The molecular formula is C28H28N4O2. The highest BCUT2D eigenvalue weighted by molar-refractivity contribution is 6.04. The summed E-state index contributed by atoms with van der Waals surface area (Å²) in [6.07, 6.45) is 0.808. The van der Waals surface area contributed by atoms with Gasteiger partial charge in [0.25, 0.3) is 5.91 Å². The molecule has 0 radical (unpaired) electrons. The van der Waals surface area contributed by atoms with Crippen LogP contribution in [0.1, 0.15) is 42.3 Å². The maximum Gasteiger partial charge on any atom is 0.254 e. The number of amides is 1. The second-order valence-electron chi connectivity index (χ2n) is 9.60. The number of benzene rings is 3. The number of carbonyl (C=O) groups excluding carboxylic acids is 1. The molecule has 1 aliphatic rings. The molecule has 3 N–H and O–H groups in total. The van der Waals surface area contributed by atoms with Gasteiger partial charge < -0.3 is 15.8 Å². The number of ether oxygens (including phenoxy) is 1. The summed E-state index contributed by atoms with van der Waals surface area (Å²) in [6.45, 7) is 7.27. The molecule has 1 aliphatic heterocycles. The van der Waals surface area contributed by atoms with Crippen molar-refractivity contribution in [2.45, 2.75) is 39.2 Å². The molecule has 3 aromatic carbocycles. The molecule has 0 spiro atoms. The molecule has 5 rings (SSSR count). The van der Waals surface area contributed by atoms with E-state index < -0.39 is 5.91 Å². The average Bonchev–Trinajstić information content (AvgIpc) is 3.07. The normalized spacial score (nSPS) is 12.8. The lowest BCUT2D eigenvalue weighted by atomic mass is 9.85. The molecule has 4 aromatic rings. The fraction of sp³-hybridized carbons (Fsp3) is 0.214. The number of carbonyl (C=O) groups is 1. The Labute approximate surface area is 199 Å². The van der Waals surface area contributed by atoms with Crippen molar-refractivity contribution in [1.29, 1.82) is 0 Å². The number of para-hydroxylation sites is 1. The molecule has 0 fully saturated rings. The third-order valence-electron chi connectivity index (χ3n) is 6.12. The quantitative estimate of drug-likeness (QED) is 0.396. The van der Waals surface area contributed by atoms with Gasteiger partial charge in [0.2, 0.25) is 0 Å². The first-order chi connectivity index (χ1) is 16.3. The first-order valence-electron chi connectivity index (χ1n) is 11.4. The fourth-order valence-corrected chi connectivity index (χ4v) is 4.23. The molecule has 34 heavy (non-hydrogen) atoms. The van der Waals surface area contributed by atoms with E-state index in [-0.39, 0.29) is 5.41 Å². The largest absolute Gasteiger partial charge is 0.457 e. The Morgan fingerprint density at radius 1 is 1.00 bits per heavy atom. The summed E-state index contributed by atoms with van der Waals surface area (Å²) in [5.41, 5.74) is 11.1. The molecule has 0 unspecified atom stereocenters. The van der Waals surface area contributed by atoms with Gasteiger partial charge in [-0.3, -0.25) is 4.79 Å². The maximum absolute atomic E-state index is 12.6. The highest BCUT2D eigenvalue weighted by atomic mass is 16.5. The van der Waals surface area contributed by atoms with E-state index in [2.05, 4.69) is 44.3 Å². The van der Waals surface area contributed by atoms with Crippen molar-refractivity contribution in [3.8, 4) is 22.8 Å². The predicted molar refractivity (Wildman–Crippen MR) is 135 cm³/mol. The molecule has 0 saturated carbocycles. The van der Waals surface area contributed by atoms with Gasteiger partial charge >= 0.3 is 0 Å². The summed E-state index contributed by atoms with van der Waals surface area (Å²) in [5.74, 6) is 1.59.